The molecule has 1 unspecified atom stereocenters. The van der Waals surface area contributed by atoms with Gasteiger partial charge in [0.15, 0.2) is 0 Å². The van der Waals surface area contributed by atoms with Crippen molar-refractivity contribution in [2.45, 2.75) is 39.0 Å². The normalized spacial score (nSPS) is 14.1. The van der Waals surface area contributed by atoms with Crippen molar-refractivity contribution in [1.82, 2.24) is 0 Å². The van der Waals surface area contributed by atoms with Crippen LogP contribution in [0.25, 0.3) is 0 Å². The summed E-state index contributed by atoms with van der Waals surface area (Å²) in [5, 5.41) is 9.68. The number of aryl methyl sites for hydroxylation is 1. The molecule has 0 aromatic heterocycles. The van der Waals surface area contributed by atoms with Crippen molar-refractivity contribution in [1.29, 1.82) is 0 Å². The van der Waals surface area contributed by atoms with E-state index in [2.05, 4.69) is 13.8 Å². The molecule has 118 valence electrons. The zero-order valence-electron chi connectivity index (χ0n) is 13.3. The van der Waals surface area contributed by atoms with E-state index in [4.69, 9.17) is 10.5 Å². The van der Waals surface area contributed by atoms with Crippen LogP contribution >= 0.6 is 0 Å². The molecular weight excluding hydrogens is 266 g/mol. The fraction of sp³-hybridized carbons (Fsp3) is 0.588. The smallest absolute Gasteiger partial charge is 0.315 e. The standard InChI is InChI=1S/C17H27NO3/c1-13(2)7-9-21-10-8-17(12-18,16(19)20)15-6-4-5-14(3)11-15/h4-6,11,13H,7-10,12,18H2,1-3H3,(H,19,20). The van der Waals surface area contributed by atoms with Gasteiger partial charge in [-0.05, 0) is 31.2 Å². The Morgan fingerprint density at radius 1 is 1.38 bits per heavy atom. The minimum atomic E-state index is -1.07. The average Bonchev–Trinajstić information content (AvgIpc) is 2.42. The summed E-state index contributed by atoms with van der Waals surface area (Å²) in [6, 6.07) is 7.56. The summed E-state index contributed by atoms with van der Waals surface area (Å²) in [4.78, 5) is 11.8. The Hall–Kier alpha value is -1.39. The van der Waals surface area contributed by atoms with Gasteiger partial charge in [-0.1, -0.05) is 43.7 Å². The van der Waals surface area contributed by atoms with E-state index in [1.165, 1.54) is 0 Å². The third kappa shape index (κ3) is 4.83. The highest BCUT2D eigenvalue weighted by Crippen LogP contribution is 2.28. The van der Waals surface area contributed by atoms with Gasteiger partial charge in [0.1, 0.15) is 5.41 Å². The first-order valence-electron chi connectivity index (χ1n) is 7.50. The molecule has 1 rings (SSSR count). The van der Waals surface area contributed by atoms with E-state index in [1.54, 1.807) is 0 Å². The first kappa shape index (κ1) is 17.7. The van der Waals surface area contributed by atoms with Gasteiger partial charge < -0.3 is 15.6 Å². The summed E-state index contributed by atoms with van der Waals surface area (Å²) in [5.41, 5.74) is 6.54. The van der Waals surface area contributed by atoms with Crippen molar-refractivity contribution in [3.05, 3.63) is 35.4 Å². The van der Waals surface area contributed by atoms with E-state index >= 15 is 0 Å². The lowest BCUT2D eigenvalue weighted by molar-refractivity contribution is -0.144. The van der Waals surface area contributed by atoms with Gasteiger partial charge in [0.25, 0.3) is 0 Å². The van der Waals surface area contributed by atoms with E-state index in [-0.39, 0.29) is 6.54 Å². The summed E-state index contributed by atoms with van der Waals surface area (Å²) in [7, 11) is 0. The quantitative estimate of drug-likeness (QED) is 0.687. The van der Waals surface area contributed by atoms with Crippen molar-refractivity contribution < 1.29 is 14.6 Å². The average molecular weight is 293 g/mol. The van der Waals surface area contributed by atoms with Crippen LogP contribution in [0, 0.1) is 12.8 Å². The summed E-state index contributed by atoms with van der Waals surface area (Å²) in [6.45, 7) is 7.36. The number of hydrogen-bond acceptors (Lipinski definition) is 3. The number of carboxylic acid groups (broad SMARTS) is 1. The second-order valence-electron chi connectivity index (χ2n) is 6.01. The Labute approximate surface area is 127 Å². The summed E-state index contributed by atoms with van der Waals surface area (Å²) in [5.74, 6) is -0.302. The molecule has 0 amide bonds. The van der Waals surface area contributed by atoms with Crippen molar-refractivity contribution in [2.24, 2.45) is 11.7 Å². The number of benzene rings is 1. The lowest BCUT2D eigenvalue weighted by atomic mass is 9.77. The fourth-order valence-corrected chi connectivity index (χ4v) is 2.29. The van der Waals surface area contributed by atoms with Crippen LogP contribution in [0.5, 0.6) is 0 Å². The van der Waals surface area contributed by atoms with Gasteiger partial charge in [-0.25, -0.2) is 0 Å². The molecule has 0 radical (unpaired) electrons. The van der Waals surface area contributed by atoms with E-state index in [0.29, 0.717) is 25.6 Å². The molecule has 0 saturated carbocycles. The first-order chi connectivity index (χ1) is 9.92. The molecule has 4 heteroatoms. The molecule has 4 nitrogen and oxygen atoms in total. The van der Waals surface area contributed by atoms with Crippen molar-refractivity contribution in [3.8, 4) is 0 Å². The maximum absolute atomic E-state index is 11.8. The highest BCUT2D eigenvalue weighted by molar-refractivity contribution is 5.81. The summed E-state index contributed by atoms with van der Waals surface area (Å²) >= 11 is 0. The molecular formula is C17H27NO3. The van der Waals surface area contributed by atoms with Gasteiger partial charge in [-0.3, -0.25) is 4.79 Å². The fourth-order valence-electron chi connectivity index (χ4n) is 2.29. The number of carboxylic acids is 1. The largest absolute Gasteiger partial charge is 0.481 e. The van der Waals surface area contributed by atoms with Gasteiger partial charge >= 0.3 is 5.97 Å². The van der Waals surface area contributed by atoms with Crippen LogP contribution in [-0.2, 0) is 14.9 Å². The molecule has 0 bridgehead atoms. The van der Waals surface area contributed by atoms with Crippen molar-refractivity contribution >= 4 is 5.97 Å². The van der Waals surface area contributed by atoms with Crippen molar-refractivity contribution in [2.75, 3.05) is 19.8 Å². The maximum Gasteiger partial charge on any atom is 0.315 e. The number of aliphatic carboxylic acids is 1. The predicted molar refractivity (Wildman–Crippen MR) is 84.4 cm³/mol. The highest BCUT2D eigenvalue weighted by Gasteiger charge is 2.38. The van der Waals surface area contributed by atoms with Crippen LogP contribution < -0.4 is 5.73 Å². The zero-order chi connectivity index (χ0) is 15.9. The third-order valence-corrected chi connectivity index (χ3v) is 3.84. The van der Waals surface area contributed by atoms with E-state index in [0.717, 1.165) is 17.5 Å². The molecule has 0 heterocycles. The summed E-state index contributed by atoms with van der Waals surface area (Å²) in [6.07, 6.45) is 1.37. The van der Waals surface area contributed by atoms with Gasteiger partial charge in [-0.15, -0.1) is 0 Å². The minimum Gasteiger partial charge on any atom is -0.481 e. The molecule has 0 aliphatic carbocycles. The molecule has 0 aliphatic rings. The lowest BCUT2D eigenvalue weighted by Gasteiger charge is -2.28. The number of rotatable bonds is 9. The van der Waals surface area contributed by atoms with Gasteiger partial charge in [0.2, 0.25) is 0 Å². The molecule has 0 spiro atoms. The van der Waals surface area contributed by atoms with Crippen molar-refractivity contribution in [3.63, 3.8) is 0 Å². The van der Waals surface area contributed by atoms with Gasteiger partial charge in [-0.2, -0.15) is 0 Å². The van der Waals surface area contributed by atoms with E-state index in [9.17, 15) is 9.90 Å². The summed E-state index contributed by atoms with van der Waals surface area (Å²) < 4.78 is 5.58. The maximum atomic E-state index is 11.8. The monoisotopic (exact) mass is 293 g/mol. The number of ether oxygens (including phenoxy) is 1. The van der Waals surface area contributed by atoms with Crippen LogP contribution in [0.2, 0.25) is 0 Å². The Balaban J connectivity index is 2.78. The minimum absolute atomic E-state index is 0.0688. The molecule has 0 aliphatic heterocycles. The molecule has 1 aromatic carbocycles. The predicted octanol–water partition coefficient (Wildman–Crippen LogP) is 2.73. The highest BCUT2D eigenvalue weighted by atomic mass is 16.5. The van der Waals surface area contributed by atoms with Crippen LogP contribution in [0.4, 0.5) is 0 Å². The SMILES string of the molecule is Cc1cccc(C(CN)(CCOCCC(C)C)C(=O)O)c1. The number of carbonyl (C=O) groups is 1. The van der Waals surface area contributed by atoms with Gasteiger partial charge in [0.05, 0.1) is 0 Å². The Bertz CT molecular complexity index is 459. The molecule has 1 aromatic rings. The van der Waals surface area contributed by atoms with Crippen LogP contribution in [0.15, 0.2) is 24.3 Å². The van der Waals surface area contributed by atoms with Gasteiger partial charge in [0, 0.05) is 19.8 Å². The van der Waals surface area contributed by atoms with Crippen LogP contribution in [0.1, 0.15) is 37.8 Å². The Morgan fingerprint density at radius 3 is 2.62 bits per heavy atom. The number of nitrogens with two attached hydrogens (primary N) is 1. The molecule has 1 atom stereocenters. The number of hydrogen-bond donors (Lipinski definition) is 2. The Kier molecular flexibility index (Phi) is 6.85. The topological polar surface area (TPSA) is 72.5 Å². The third-order valence-electron chi connectivity index (χ3n) is 3.84. The Morgan fingerprint density at radius 2 is 2.10 bits per heavy atom. The molecule has 0 saturated heterocycles. The second-order valence-corrected chi connectivity index (χ2v) is 6.01. The first-order valence-corrected chi connectivity index (χ1v) is 7.50. The molecule has 0 fully saturated rings. The zero-order valence-corrected chi connectivity index (χ0v) is 13.3. The van der Waals surface area contributed by atoms with Crippen LogP contribution in [-0.4, -0.2) is 30.8 Å². The van der Waals surface area contributed by atoms with Crippen LogP contribution in [0.3, 0.4) is 0 Å². The second kappa shape index (κ2) is 8.15. The lowest BCUT2D eigenvalue weighted by Crippen LogP contribution is -2.44. The van der Waals surface area contributed by atoms with E-state index < -0.39 is 11.4 Å². The molecule has 21 heavy (non-hydrogen) atoms. The van der Waals surface area contributed by atoms with E-state index in [1.807, 2.05) is 31.2 Å². The molecule has 3 N–H and O–H groups in total.